The zero-order valence-electron chi connectivity index (χ0n) is 19.2. The van der Waals surface area contributed by atoms with Gasteiger partial charge in [0.15, 0.2) is 11.5 Å². The number of benzene rings is 3. The van der Waals surface area contributed by atoms with E-state index in [1.54, 1.807) is 32.4 Å². The van der Waals surface area contributed by atoms with Crippen molar-refractivity contribution in [3.05, 3.63) is 88.3 Å². The van der Waals surface area contributed by atoms with E-state index in [0.29, 0.717) is 34.8 Å². The van der Waals surface area contributed by atoms with E-state index in [1.807, 2.05) is 36.4 Å². The van der Waals surface area contributed by atoms with Crippen LogP contribution in [0.3, 0.4) is 0 Å². The van der Waals surface area contributed by atoms with E-state index in [0.717, 1.165) is 12.0 Å². The van der Waals surface area contributed by atoms with Gasteiger partial charge >= 0.3 is 5.69 Å². The van der Waals surface area contributed by atoms with Gasteiger partial charge in [-0.05, 0) is 41.8 Å². The Kier molecular flexibility index (Phi) is 7.51. The van der Waals surface area contributed by atoms with Crippen molar-refractivity contribution in [1.82, 2.24) is 15.3 Å². The number of hydrogen-bond acceptors (Lipinski definition) is 6. The molecule has 4 aromatic rings. The summed E-state index contributed by atoms with van der Waals surface area (Å²) in [5, 5.41) is 14.1. The normalized spacial score (nSPS) is 12.9. The summed E-state index contributed by atoms with van der Waals surface area (Å²) in [5.41, 5.74) is 3.13. The molecule has 0 saturated carbocycles. The number of fused-ring (bicyclic) bond motifs is 1. The molecular weight excluding hydrogens is 434 g/mol. The molecule has 3 aromatic carbocycles. The van der Waals surface area contributed by atoms with Gasteiger partial charge in [-0.3, -0.25) is 0 Å². The zero-order valence-corrected chi connectivity index (χ0v) is 19.2. The molecule has 0 bridgehead atoms. The van der Waals surface area contributed by atoms with E-state index in [1.165, 1.54) is 5.56 Å². The maximum atomic E-state index is 11.6. The van der Waals surface area contributed by atoms with Crippen LogP contribution >= 0.6 is 0 Å². The number of aromatic nitrogens is 2. The van der Waals surface area contributed by atoms with E-state index < -0.39 is 6.10 Å². The topological polar surface area (TPSA) is 109 Å². The van der Waals surface area contributed by atoms with Crippen molar-refractivity contribution in [1.29, 1.82) is 0 Å². The third-order valence-electron chi connectivity index (χ3n) is 5.64. The molecule has 178 valence electrons. The van der Waals surface area contributed by atoms with Crippen molar-refractivity contribution in [3.63, 3.8) is 0 Å². The minimum atomic E-state index is -0.765. The average molecular weight is 464 g/mol. The van der Waals surface area contributed by atoms with Crippen LogP contribution < -0.4 is 25.2 Å². The number of aromatic amines is 2. The number of nitrogens with one attached hydrogen (secondary N) is 3. The molecule has 34 heavy (non-hydrogen) atoms. The smallest absolute Gasteiger partial charge is 0.323 e. The number of hydrogen-bond donors (Lipinski definition) is 4. The van der Waals surface area contributed by atoms with Crippen molar-refractivity contribution in [2.45, 2.75) is 18.6 Å². The molecular formula is C26H29N3O5. The first kappa shape index (κ1) is 23.4. The molecule has 0 aliphatic heterocycles. The Morgan fingerprint density at radius 1 is 0.912 bits per heavy atom. The number of rotatable bonds is 11. The third-order valence-corrected chi connectivity index (χ3v) is 5.64. The molecule has 0 amide bonds. The van der Waals surface area contributed by atoms with E-state index in [4.69, 9.17) is 14.2 Å². The summed E-state index contributed by atoms with van der Waals surface area (Å²) in [6.45, 7) is 0.384. The lowest BCUT2D eigenvalue weighted by Crippen LogP contribution is -2.34. The molecule has 8 nitrogen and oxygen atoms in total. The number of H-pyrrole nitrogens is 2. The van der Waals surface area contributed by atoms with Crippen LogP contribution in [-0.2, 0) is 6.42 Å². The van der Waals surface area contributed by atoms with Gasteiger partial charge < -0.3 is 34.6 Å². The summed E-state index contributed by atoms with van der Waals surface area (Å²) in [7, 11) is 3.22. The number of para-hydroxylation sites is 1. The van der Waals surface area contributed by atoms with E-state index in [2.05, 4.69) is 27.4 Å². The van der Waals surface area contributed by atoms with Crippen molar-refractivity contribution >= 4 is 11.0 Å². The lowest BCUT2D eigenvalue weighted by molar-refractivity contribution is 0.104. The van der Waals surface area contributed by atoms with Gasteiger partial charge in [0, 0.05) is 12.6 Å². The summed E-state index contributed by atoms with van der Waals surface area (Å²) < 4.78 is 16.6. The Morgan fingerprint density at radius 2 is 1.71 bits per heavy atom. The number of ether oxygens (including phenoxy) is 3. The molecule has 1 unspecified atom stereocenters. The van der Waals surface area contributed by atoms with Crippen molar-refractivity contribution in [2.24, 2.45) is 0 Å². The number of aliphatic hydroxyl groups excluding tert-OH is 1. The van der Waals surface area contributed by atoms with Gasteiger partial charge in [0.1, 0.15) is 24.0 Å². The Bertz CT molecular complexity index is 1270. The Hall–Kier alpha value is -3.75. The van der Waals surface area contributed by atoms with Crippen LogP contribution in [0.15, 0.2) is 71.5 Å². The van der Waals surface area contributed by atoms with Crippen LogP contribution in [0.2, 0.25) is 0 Å². The lowest BCUT2D eigenvalue weighted by atomic mass is 9.98. The monoisotopic (exact) mass is 463 g/mol. The Morgan fingerprint density at radius 3 is 2.47 bits per heavy atom. The molecule has 4 N–H and O–H groups in total. The molecule has 0 aliphatic carbocycles. The van der Waals surface area contributed by atoms with Gasteiger partial charge in [-0.25, -0.2) is 4.79 Å². The molecule has 4 rings (SSSR count). The number of aliphatic hydroxyl groups is 1. The zero-order chi connectivity index (χ0) is 23.9. The minimum absolute atomic E-state index is 0.0682. The van der Waals surface area contributed by atoms with E-state index >= 15 is 0 Å². The number of methoxy groups -OCH3 is 2. The van der Waals surface area contributed by atoms with Crippen LogP contribution in [-0.4, -0.2) is 48.5 Å². The summed E-state index contributed by atoms with van der Waals surface area (Å²) >= 11 is 0. The fourth-order valence-corrected chi connectivity index (χ4v) is 3.90. The minimum Gasteiger partial charge on any atom is -0.493 e. The first-order valence-electron chi connectivity index (χ1n) is 11.1. The van der Waals surface area contributed by atoms with Crippen molar-refractivity contribution < 1.29 is 19.3 Å². The van der Waals surface area contributed by atoms with Crippen LogP contribution in [0.4, 0.5) is 0 Å². The third kappa shape index (κ3) is 5.59. The van der Waals surface area contributed by atoms with E-state index in [-0.39, 0.29) is 18.3 Å². The second-order valence-corrected chi connectivity index (χ2v) is 7.99. The van der Waals surface area contributed by atoms with Crippen LogP contribution in [0.25, 0.3) is 11.0 Å². The van der Waals surface area contributed by atoms with Gasteiger partial charge in [-0.1, -0.05) is 42.5 Å². The van der Waals surface area contributed by atoms with Gasteiger partial charge in [0.05, 0.1) is 19.7 Å². The highest BCUT2D eigenvalue weighted by Gasteiger charge is 2.17. The molecule has 0 saturated heterocycles. The van der Waals surface area contributed by atoms with Crippen molar-refractivity contribution in [2.75, 3.05) is 27.4 Å². The summed E-state index contributed by atoms with van der Waals surface area (Å²) in [6.07, 6.45) is -0.0345. The van der Waals surface area contributed by atoms with Gasteiger partial charge in [0.25, 0.3) is 0 Å². The summed E-state index contributed by atoms with van der Waals surface area (Å²) in [6, 6.07) is 21.3. The lowest BCUT2D eigenvalue weighted by Gasteiger charge is -2.23. The van der Waals surface area contributed by atoms with Gasteiger partial charge in [-0.2, -0.15) is 0 Å². The molecule has 1 aromatic heterocycles. The van der Waals surface area contributed by atoms with Gasteiger partial charge in [-0.15, -0.1) is 0 Å². The average Bonchev–Trinajstić information content (AvgIpc) is 3.26. The SMILES string of the molecule is COc1ccc(C(Cc2ccccc2)NC[C@H](O)COc2cccc3[nH]c(=O)[nH]c23)cc1OC. The molecule has 0 aliphatic rings. The molecule has 0 fully saturated rings. The molecule has 1 heterocycles. The molecule has 0 spiro atoms. The maximum absolute atomic E-state index is 11.6. The standard InChI is InChI=1S/C26H29N3O5/c1-32-22-12-11-18(14-24(22)33-2)21(13-17-7-4-3-5-8-17)27-15-19(30)16-34-23-10-6-9-20-25(23)29-26(31)28-20/h3-12,14,19,21,27,30H,13,15-16H2,1-2H3,(H2,28,29,31)/t19-,21?/m0/s1. The maximum Gasteiger partial charge on any atom is 0.323 e. The van der Waals surface area contributed by atoms with Gasteiger partial charge in [0.2, 0.25) is 0 Å². The first-order valence-corrected chi connectivity index (χ1v) is 11.1. The fourth-order valence-electron chi connectivity index (χ4n) is 3.90. The summed E-state index contributed by atoms with van der Waals surface area (Å²) in [4.78, 5) is 17.0. The second kappa shape index (κ2) is 10.9. The quantitative estimate of drug-likeness (QED) is 0.272. The van der Waals surface area contributed by atoms with E-state index in [9.17, 15) is 9.90 Å². The second-order valence-electron chi connectivity index (χ2n) is 7.99. The molecule has 2 atom stereocenters. The van der Waals surface area contributed by atoms with Crippen LogP contribution in [0, 0.1) is 0 Å². The first-order chi connectivity index (χ1) is 16.6. The van der Waals surface area contributed by atoms with Crippen molar-refractivity contribution in [3.8, 4) is 17.2 Å². The number of imidazole rings is 1. The fraction of sp³-hybridized carbons (Fsp3) is 0.269. The Balaban J connectivity index is 1.45. The Labute approximate surface area is 197 Å². The predicted molar refractivity (Wildman–Crippen MR) is 131 cm³/mol. The van der Waals surface area contributed by atoms with Crippen LogP contribution in [0.1, 0.15) is 17.2 Å². The molecule has 0 radical (unpaired) electrons. The largest absolute Gasteiger partial charge is 0.493 e. The predicted octanol–water partition coefficient (Wildman–Crippen LogP) is 3.19. The highest BCUT2D eigenvalue weighted by molar-refractivity contribution is 5.81. The van der Waals surface area contributed by atoms with Crippen LogP contribution in [0.5, 0.6) is 17.2 Å². The highest BCUT2D eigenvalue weighted by atomic mass is 16.5. The molecule has 8 heteroatoms. The highest BCUT2D eigenvalue weighted by Crippen LogP contribution is 2.31. The summed E-state index contributed by atoms with van der Waals surface area (Å²) in [5.74, 6) is 1.82.